The van der Waals surface area contributed by atoms with Gasteiger partial charge in [-0.25, -0.2) is 17.3 Å². The fourth-order valence-electron chi connectivity index (χ4n) is 0.927. The van der Waals surface area contributed by atoms with E-state index in [1.807, 2.05) is 0 Å². The Hall–Kier alpha value is -1.11. The van der Waals surface area contributed by atoms with Gasteiger partial charge in [0, 0.05) is 0 Å². The summed E-state index contributed by atoms with van der Waals surface area (Å²) >= 11 is 0. The van der Waals surface area contributed by atoms with Gasteiger partial charge in [0.05, 0.1) is 25.4 Å². The van der Waals surface area contributed by atoms with E-state index in [1.165, 1.54) is 36.7 Å². The minimum atomic E-state index is -3.56. The van der Waals surface area contributed by atoms with Gasteiger partial charge in [-0.1, -0.05) is 6.07 Å². The molecule has 0 amide bonds. The van der Waals surface area contributed by atoms with Crippen LogP contribution in [0.4, 0.5) is 0 Å². The second kappa shape index (κ2) is 4.61. The van der Waals surface area contributed by atoms with Crippen molar-refractivity contribution in [1.82, 2.24) is 4.72 Å². The number of aliphatic hydroxyl groups excluding tert-OH is 1. The zero-order valence-corrected chi connectivity index (χ0v) is 9.43. The van der Waals surface area contributed by atoms with Gasteiger partial charge in [-0.05, 0) is 25.2 Å². The summed E-state index contributed by atoms with van der Waals surface area (Å²) < 4.78 is 36.0. The van der Waals surface area contributed by atoms with Crippen molar-refractivity contribution >= 4 is 20.2 Å². The largest absolute Gasteiger partial charge is 0.311 e. The quantitative estimate of drug-likeness (QED) is 0.770. The van der Waals surface area contributed by atoms with E-state index in [1.54, 1.807) is 0 Å². The SMILES string of the molecule is CNS(=O)(=O)c1cccc(S(=O)#CO)c1. The Morgan fingerprint density at radius 2 is 2.13 bits per heavy atom. The van der Waals surface area contributed by atoms with E-state index in [-0.39, 0.29) is 9.79 Å². The molecule has 0 aliphatic heterocycles. The van der Waals surface area contributed by atoms with E-state index >= 15 is 0 Å². The Balaban J connectivity index is 3.37. The van der Waals surface area contributed by atoms with E-state index in [4.69, 9.17) is 5.11 Å². The molecule has 0 atom stereocenters. The van der Waals surface area contributed by atoms with Crippen LogP contribution in [0.2, 0.25) is 0 Å². The highest BCUT2D eigenvalue weighted by molar-refractivity contribution is 7.89. The van der Waals surface area contributed by atoms with Crippen LogP contribution in [0.3, 0.4) is 0 Å². The molecule has 82 valence electrons. The van der Waals surface area contributed by atoms with Gasteiger partial charge in [0.2, 0.25) is 10.0 Å². The minimum Gasteiger partial charge on any atom is -0.311 e. The van der Waals surface area contributed by atoms with Crippen LogP contribution >= 0.6 is 0 Å². The predicted molar refractivity (Wildman–Crippen MR) is 54.9 cm³/mol. The molecule has 7 heteroatoms. The first-order chi connectivity index (χ1) is 7.01. The first-order valence-electron chi connectivity index (χ1n) is 3.86. The van der Waals surface area contributed by atoms with Gasteiger partial charge in [-0.2, -0.15) is 0 Å². The summed E-state index contributed by atoms with van der Waals surface area (Å²) in [6.07, 6.45) is 0. The van der Waals surface area contributed by atoms with Gasteiger partial charge >= 0.3 is 0 Å². The number of nitrogens with one attached hydrogen (secondary N) is 1. The number of aliphatic hydroxyl groups is 1. The van der Waals surface area contributed by atoms with Gasteiger partial charge in [-0.3, -0.25) is 0 Å². The average Bonchev–Trinajstić information content (AvgIpc) is 2.28. The van der Waals surface area contributed by atoms with Crippen molar-refractivity contribution < 1.29 is 17.7 Å². The normalized spacial score (nSPS) is 10.8. The molecule has 15 heavy (non-hydrogen) atoms. The molecule has 1 aromatic carbocycles. The summed E-state index contributed by atoms with van der Waals surface area (Å²) in [5.41, 5.74) is 0. The van der Waals surface area contributed by atoms with E-state index < -0.39 is 20.2 Å². The summed E-state index contributed by atoms with van der Waals surface area (Å²) in [5.74, 6) is 0. The van der Waals surface area contributed by atoms with Crippen LogP contribution in [-0.2, 0) is 20.2 Å². The highest BCUT2D eigenvalue weighted by atomic mass is 32.2. The second-order valence-corrected chi connectivity index (χ2v) is 5.62. The highest BCUT2D eigenvalue weighted by Gasteiger charge is 2.11. The Morgan fingerprint density at radius 1 is 1.47 bits per heavy atom. The molecule has 1 rings (SSSR count). The molecule has 0 fully saturated rings. The molecule has 0 heterocycles. The summed E-state index contributed by atoms with van der Waals surface area (Å²) in [6, 6.07) is 5.46. The lowest BCUT2D eigenvalue weighted by Crippen LogP contribution is -2.18. The van der Waals surface area contributed by atoms with Crippen molar-refractivity contribution in [2.24, 2.45) is 0 Å². The third-order valence-corrected chi connectivity index (χ3v) is 3.94. The first kappa shape index (κ1) is 12.0. The number of hydrogen-bond acceptors (Lipinski definition) is 4. The second-order valence-electron chi connectivity index (χ2n) is 2.54. The molecule has 0 spiro atoms. The summed E-state index contributed by atoms with van der Waals surface area (Å²) in [5, 5.41) is 9.96. The van der Waals surface area contributed by atoms with Gasteiger partial charge in [0.25, 0.3) is 0 Å². The van der Waals surface area contributed by atoms with Crippen molar-refractivity contribution in [3.8, 4) is 5.37 Å². The van der Waals surface area contributed by atoms with E-state index in [0.717, 1.165) is 0 Å². The van der Waals surface area contributed by atoms with Gasteiger partial charge in [0.15, 0.2) is 0 Å². The Labute approximate surface area is 89.5 Å². The molecule has 2 N–H and O–H groups in total. The van der Waals surface area contributed by atoms with Crippen LogP contribution in [0, 0.1) is 5.37 Å². The maximum Gasteiger partial charge on any atom is 0.240 e. The molecular formula is C8H9NO4S2. The van der Waals surface area contributed by atoms with Crippen LogP contribution in [0.1, 0.15) is 0 Å². The molecule has 0 unspecified atom stereocenters. The van der Waals surface area contributed by atoms with Crippen LogP contribution in [-0.4, -0.2) is 24.8 Å². The predicted octanol–water partition coefficient (Wildman–Crippen LogP) is -0.00850. The molecule has 5 nitrogen and oxygen atoms in total. The third-order valence-electron chi connectivity index (χ3n) is 1.68. The van der Waals surface area contributed by atoms with Crippen molar-refractivity contribution in [2.75, 3.05) is 7.05 Å². The summed E-state index contributed by atoms with van der Waals surface area (Å²) in [4.78, 5) is 0.167. The van der Waals surface area contributed by atoms with Crippen LogP contribution in [0.25, 0.3) is 0 Å². The smallest absolute Gasteiger partial charge is 0.240 e. The number of rotatable bonds is 2. The molecule has 1 aromatic rings. The number of benzene rings is 1. The van der Waals surface area contributed by atoms with E-state index in [0.29, 0.717) is 0 Å². The summed E-state index contributed by atoms with van der Waals surface area (Å²) in [7, 11) is -4.10. The van der Waals surface area contributed by atoms with Gasteiger partial charge in [-0.15, -0.1) is 0 Å². The number of sulfonamides is 1. The first-order valence-corrected chi connectivity index (χ1v) is 6.49. The molecule has 0 bridgehead atoms. The molecule has 0 aliphatic carbocycles. The molecular weight excluding hydrogens is 238 g/mol. The lowest BCUT2D eigenvalue weighted by molar-refractivity contribution is 0.520. The number of hydrogen-bond donors (Lipinski definition) is 2. The van der Waals surface area contributed by atoms with Crippen LogP contribution in [0.5, 0.6) is 0 Å². The van der Waals surface area contributed by atoms with E-state index in [9.17, 15) is 12.6 Å². The molecule has 0 saturated heterocycles. The lowest BCUT2D eigenvalue weighted by atomic mass is 10.4. The van der Waals surface area contributed by atoms with Crippen molar-refractivity contribution in [3.63, 3.8) is 0 Å². The summed E-state index contributed by atoms with van der Waals surface area (Å²) in [6.45, 7) is 0. The van der Waals surface area contributed by atoms with Crippen molar-refractivity contribution in [3.05, 3.63) is 24.3 Å². The van der Waals surface area contributed by atoms with Crippen LogP contribution in [0.15, 0.2) is 34.1 Å². The lowest BCUT2D eigenvalue weighted by Gasteiger charge is -2.01. The molecule has 0 radical (unpaired) electrons. The van der Waals surface area contributed by atoms with E-state index in [2.05, 4.69) is 4.72 Å². The minimum absolute atomic E-state index is 0.00824. The third kappa shape index (κ3) is 2.68. The van der Waals surface area contributed by atoms with Crippen molar-refractivity contribution in [1.29, 1.82) is 0 Å². The molecule has 0 aromatic heterocycles. The Morgan fingerprint density at radius 3 is 2.67 bits per heavy atom. The molecule has 0 saturated carbocycles. The highest BCUT2D eigenvalue weighted by Crippen LogP contribution is 2.11. The van der Waals surface area contributed by atoms with Gasteiger partial charge in [0.1, 0.15) is 0 Å². The maximum atomic E-state index is 11.4. The Kier molecular flexibility index (Phi) is 3.67. The Bertz CT molecular complexity index is 598. The van der Waals surface area contributed by atoms with Crippen LogP contribution < -0.4 is 4.72 Å². The fourth-order valence-corrected chi connectivity index (χ4v) is 2.32. The molecule has 0 aliphatic rings. The monoisotopic (exact) mass is 247 g/mol. The maximum absolute atomic E-state index is 11.4. The van der Waals surface area contributed by atoms with Gasteiger partial charge < -0.3 is 5.11 Å². The van der Waals surface area contributed by atoms with Crippen molar-refractivity contribution in [2.45, 2.75) is 9.79 Å². The zero-order chi connectivity index (χ0) is 11.5. The zero-order valence-electron chi connectivity index (χ0n) is 7.80. The average molecular weight is 247 g/mol. The standard InChI is InChI=1S/C8H9NO4S2/c1-9-15(12,13)8-4-2-3-7(5-8)14(11)6-10/h2-5,9-10H,1H3. The topological polar surface area (TPSA) is 83.5 Å². The fraction of sp³-hybridized carbons (Fsp3) is 0.125.